The molecule has 0 aliphatic carbocycles. The molecule has 4 heteroatoms. The Hall–Kier alpha value is -1.84. The van der Waals surface area contributed by atoms with Gasteiger partial charge in [-0.2, -0.15) is 0 Å². The van der Waals surface area contributed by atoms with Crippen LogP contribution in [0.2, 0.25) is 0 Å². The maximum atomic E-state index is 11.7. The van der Waals surface area contributed by atoms with E-state index in [1.54, 1.807) is 6.92 Å². The van der Waals surface area contributed by atoms with E-state index in [1.165, 1.54) is 0 Å². The first-order valence-corrected chi connectivity index (χ1v) is 7.51. The number of amides is 1. The number of rotatable bonds is 9. The molecule has 0 radical (unpaired) electrons. The minimum atomic E-state index is -0.100. The summed E-state index contributed by atoms with van der Waals surface area (Å²) in [6, 6.07) is 7.70. The van der Waals surface area contributed by atoms with Gasteiger partial charge >= 0.3 is 0 Å². The van der Waals surface area contributed by atoms with Crippen molar-refractivity contribution >= 4 is 11.7 Å². The molecule has 0 bridgehead atoms. The predicted molar refractivity (Wildman–Crippen MR) is 83.5 cm³/mol. The number of hydrogen-bond acceptors (Lipinski definition) is 3. The van der Waals surface area contributed by atoms with E-state index < -0.39 is 0 Å². The lowest BCUT2D eigenvalue weighted by molar-refractivity contribution is -0.123. The molecule has 0 saturated heterocycles. The Balaban J connectivity index is 2.35. The number of ketones is 1. The smallest absolute Gasteiger partial charge is 0.258 e. The molecule has 1 atom stereocenters. The topological polar surface area (TPSA) is 55.4 Å². The standard InChI is InChI=1S/C17H25NO3/c1-4-5-13(2)18-17(20)12-21-16-10-8-15(9-11-16)7-6-14(3)19/h8-11,13H,4-7,12H2,1-3H3,(H,18,20). The second-order valence-corrected chi connectivity index (χ2v) is 5.39. The van der Waals surface area contributed by atoms with Gasteiger partial charge in [-0.3, -0.25) is 4.79 Å². The normalized spacial score (nSPS) is 11.8. The fraction of sp³-hybridized carbons (Fsp3) is 0.529. The zero-order chi connectivity index (χ0) is 15.7. The van der Waals surface area contributed by atoms with E-state index >= 15 is 0 Å². The Morgan fingerprint density at radius 1 is 1.24 bits per heavy atom. The number of carbonyl (C=O) groups excluding carboxylic acids is 2. The van der Waals surface area contributed by atoms with Crippen LogP contribution in [-0.4, -0.2) is 24.3 Å². The molecule has 0 fully saturated rings. The van der Waals surface area contributed by atoms with Crippen molar-refractivity contribution in [2.45, 2.75) is 52.5 Å². The van der Waals surface area contributed by atoms with Crippen molar-refractivity contribution in [1.82, 2.24) is 5.32 Å². The number of ether oxygens (including phenoxy) is 1. The van der Waals surface area contributed by atoms with Crippen molar-refractivity contribution < 1.29 is 14.3 Å². The Morgan fingerprint density at radius 2 is 1.90 bits per heavy atom. The first-order valence-electron chi connectivity index (χ1n) is 7.51. The van der Waals surface area contributed by atoms with Crippen LogP contribution in [0, 0.1) is 0 Å². The number of carbonyl (C=O) groups is 2. The Kier molecular flexibility index (Phi) is 7.51. The summed E-state index contributed by atoms with van der Waals surface area (Å²) in [5.41, 5.74) is 1.10. The third-order valence-corrected chi connectivity index (χ3v) is 3.19. The van der Waals surface area contributed by atoms with Crippen LogP contribution >= 0.6 is 0 Å². The summed E-state index contributed by atoms with van der Waals surface area (Å²) in [4.78, 5) is 22.6. The van der Waals surface area contributed by atoms with Gasteiger partial charge in [0.15, 0.2) is 6.61 Å². The van der Waals surface area contributed by atoms with Gasteiger partial charge < -0.3 is 14.8 Å². The van der Waals surface area contributed by atoms with Crippen LogP contribution in [0.3, 0.4) is 0 Å². The van der Waals surface area contributed by atoms with Gasteiger partial charge in [0.25, 0.3) is 5.91 Å². The second-order valence-electron chi connectivity index (χ2n) is 5.39. The van der Waals surface area contributed by atoms with Crippen LogP contribution in [0.4, 0.5) is 0 Å². The highest BCUT2D eigenvalue weighted by Crippen LogP contribution is 2.13. The van der Waals surface area contributed by atoms with Crippen molar-refractivity contribution in [3.8, 4) is 5.75 Å². The number of Topliss-reactive ketones (excluding diaryl/α,β-unsaturated/α-hetero) is 1. The molecule has 1 amide bonds. The molecule has 1 unspecified atom stereocenters. The summed E-state index contributed by atoms with van der Waals surface area (Å²) < 4.78 is 5.45. The number of nitrogens with one attached hydrogen (secondary N) is 1. The van der Waals surface area contributed by atoms with E-state index in [9.17, 15) is 9.59 Å². The second kappa shape index (κ2) is 9.16. The number of aryl methyl sites for hydroxylation is 1. The van der Waals surface area contributed by atoms with Gasteiger partial charge in [-0.15, -0.1) is 0 Å². The van der Waals surface area contributed by atoms with Crippen LogP contribution in [-0.2, 0) is 16.0 Å². The monoisotopic (exact) mass is 291 g/mol. The molecule has 0 aliphatic heterocycles. The molecule has 0 heterocycles. The van der Waals surface area contributed by atoms with Crippen molar-refractivity contribution in [3.05, 3.63) is 29.8 Å². The van der Waals surface area contributed by atoms with E-state index in [4.69, 9.17) is 4.74 Å². The third-order valence-electron chi connectivity index (χ3n) is 3.19. The molecule has 4 nitrogen and oxygen atoms in total. The van der Waals surface area contributed by atoms with Crippen LogP contribution in [0.15, 0.2) is 24.3 Å². The van der Waals surface area contributed by atoms with E-state index in [0.717, 1.165) is 24.8 Å². The van der Waals surface area contributed by atoms with Gasteiger partial charge in [-0.05, 0) is 44.4 Å². The molecule has 0 spiro atoms. The Labute approximate surface area is 126 Å². The molecular weight excluding hydrogens is 266 g/mol. The first-order chi connectivity index (χ1) is 10.0. The molecule has 1 rings (SSSR count). The van der Waals surface area contributed by atoms with Crippen LogP contribution < -0.4 is 10.1 Å². The van der Waals surface area contributed by atoms with Crippen molar-refractivity contribution in [1.29, 1.82) is 0 Å². The highest BCUT2D eigenvalue weighted by molar-refractivity contribution is 5.77. The van der Waals surface area contributed by atoms with E-state index in [2.05, 4.69) is 12.2 Å². The molecule has 1 N–H and O–H groups in total. The van der Waals surface area contributed by atoms with Gasteiger partial charge in [0.2, 0.25) is 0 Å². The molecular formula is C17H25NO3. The summed E-state index contributed by atoms with van der Waals surface area (Å²) in [6.45, 7) is 5.70. The third kappa shape index (κ3) is 7.49. The lowest BCUT2D eigenvalue weighted by Gasteiger charge is -2.13. The van der Waals surface area contributed by atoms with Crippen molar-refractivity contribution in [3.63, 3.8) is 0 Å². The maximum absolute atomic E-state index is 11.7. The van der Waals surface area contributed by atoms with Gasteiger partial charge in [-0.25, -0.2) is 0 Å². The predicted octanol–water partition coefficient (Wildman–Crippen LogP) is 2.89. The van der Waals surface area contributed by atoms with Gasteiger partial charge in [0, 0.05) is 12.5 Å². The molecule has 116 valence electrons. The largest absolute Gasteiger partial charge is 0.484 e. The zero-order valence-electron chi connectivity index (χ0n) is 13.1. The lowest BCUT2D eigenvalue weighted by Crippen LogP contribution is -2.35. The van der Waals surface area contributed by atoms with Crippen LogP contribution in [0.5, 0.6) is 5.75 Å². The van der Waals surface area contributed by atoms with E-state index in [1.807, 2.05) is 31.2 Å². The minimum absolute atomic E-state index is 0.0286. The summed E-state index contributed by atoms with van der Waals surface area (Å²) in [5.74, 6) is 0.754. The van der Waals surface area contributed by atoms with E-state index in [0.29, 0.717) is 12.2 Å². The zero-order valence-corrected chi connectivity index (χ0v) is 13.1. The highest BCUT2D eigenvalue weighted by atomic mass is 16.5. The summed E-state index contributed by atoms with van der Waals surface area (Å²) in [6.07, 6.45) is 3.31. The first kappa shape index (κ1) is 17.2. The summed E-state index contributed by atoms with van der Waals surface area (Å²) in [5, 5.41) is 2.89. The SMILES string of the molecule is CCCC(C)NC(=O)COc1ccc(CCC(C)=O)cc1. The molecule has 1 aromatic rings. The summed E-state index contributed by atoms with van der Waals surface area (Å²) >= 11 is 0. The Morgan fingerprint density at radius 3 is 2.48 bits per heavy atom. The Bertz CT molecular complexity index is 454. The van der Waals surface area contributed by atoms with Crippen molar-refractivity contribution in [2.75, 3.05) is 6.61 Å². The summed E-state index contributed by atoms with van der Waals surface area (Å²) in [7, 11) is 0. The maximum Gasteiger partial charge on any atom is 0.258 e. The van der Waals surface area contributed by atoms with Gasteiger partial charge in [0.1, 0.15) is 11.5 Å². The molecule has 0 aromatic heterocycles. The van der Waals surface area contributed by atoms with Gasteiger partial charge in [0.05, 0.1) is 0 Å². The molecule has 21 heavy (non-hydrogen) atoms. The van der Waals surface area contributed by atoms with Crippen molar-refractivity contribution in [2.24, 2.45) is 0 Å². The molecule has 1 aromatic carbocycles. The fourth-order valence-electron chi connectivity index (χ4n) is 2.04. The quantitative estimate of drug-likeness (QED) is 0.761. The van der Waals surface area contributed by atoms with Gasteiger partial charge in [-0.1, -0.05) is 25.5 Å². The van der Waals surface area contributed by atoms with Crippen LogP contribution in [0.25, 0.3) is 0 Å². The average Bonchev–Trinajstić information content (AvgIpc) is 2.44. The van der Waals surface area contributed by atoms with Crippen LogP contribution in [0.1, 0.15) is 45.6 Å². The molecule has 0 aliphatic rings. The highest BCUT2D eigenvalue weighted by Gasteiger charge is 2.07. The van der Waals surface area contributed by atoms with E-state index in [-0.39, 0.29) is 24.3 Å². The molecule has 0 saturated carbocycles. The number of benzene rings is 1. The average molecular weight is 291 g/mol. The fourth-order valence-corrected chi connectivity index (χ4v) is 2.04. The minimum Gasteiger partial charge on any atom is -0.484 e. The lowest BCUT2D eigenvalue weighted by atomic mass is 10.1. The number of hydrogen-bond donors (Lipinski definition) is 1.